The molecule has 116 valence electrons. The van der Waals surface area contributed by atoms with Gasteiger partial charge in [-0.2, -0.15) is 0 Å². The molecular formula is C17H13NO4S. The lowest BCUT2D eigenvalue weighted by Gasteiger charge is -2.06. The smallest absolute Gasteiger partial charge is 0.337 e. The van der Waals surface area contributed by atoms with Gasteiger partial charge in [-0.25, -0.2) is 13.2 Å². The monoisotopic (exact) mass is 327 g/mol. The molecule has 0 spiro atoms. The van der Waals surface area contributed by atoms with E-state index in [9.17, 15) is 13.2 Å². The molecule has 3 rings (SSSR count). The van der Waals surface area contributed by atoms with Crippen LogP contribution in [0.1, 0.15) is 15.9 Å². The van der Waals surface area contributed by atoms with Crippen LogP contribution in [0.15, 0.2) is 65.7 Å². The molecule has 0 fully saturated rings. The third-order valence-electron chi connectivity index (χ3n) is 3.45. The number of carboxylic acid groups (broad SMARTS) is 1. The van der Waals surface area contributed by atoms with E-state index in [4.69, 9.17) is 5.11 Å². The van der Waals surface area contributed by atoms with E-state index in [1.54, 1.807) is 48.5 Å². The van der Waals surface area contributed by atoms with Crippen LogP contribution < -0.4 is 0 Å². The number of aromatic carboxylic acids is 1. The fourth-order valence-electron chi connectivity index (χ4n) is 2.32. The number of carboxylic acids is 1. The Kier molecular flexibility index (Phi) is 3.83. The Hall–Kier alpha value is -2.73. The van der Waals surface area contributed by atoms with Crippen LogP contribution in [0.5, 0.6) is 0 Å². The summed E-state index contributed by atoms with van der Waals surface area (Å²) in [6.45, 7) is 0. The second-order valence-corrected chi connectivity index (χ2v) is 7.12. The van der Waals surface area contributed by atoms with E-state index in [-0.39, 0.29) is 16.2 Å². The molecule has 0 aliphatic carbocycles. The predicted molar refractivity (Wildman–Crippen MR) is 86.0 cm³/mol. The summed E-state index contributed by atoms with van der Waals surface area (Å²) in [7, 11) is -3.45. The highest BCUT2D eigenvalue weighted by molar-refractivity contribution is 7.90. The normalized spacial score (nSPS) is 11.5. The SMILES string of the molecule is O=C(O)c1cnc2ccc(CS(=O)(=O)c3ccccc3)cc2c1. The van der Waals surface area contributed by atoms with Crippen molar-refractivity contribution in [2.45, 2.75) is 10.6 Å². The van der Waals surface area contributed by atoms with Gasteiger partial charge in [-0.1, -0.05) is 24.3 Å². The maximum atomic E-state index is 12.4. The minimum absolute atomic E-state index is 0.0700. The first-order chi connectivity index (χ1) is 11.0. The molecule has 0 atom stereocenters. The van der Waals surface area contributed by atoms with Crippen LogP contribution in [0.4, 0.5) is 0 Å². The lowest BCUT2D eigenvalue weighted by molar-refractivity contribution is 0.0696. The molecule has 1 aromatic heterocycles. The van der Waals surface area contributed by atoms with Crippen molar-refractivity contribution in [3.63, 3.8) is 0 Å². The molecule has 5 nitrogen and oxygen atoms in total. The van der Waals surface area contributed by atoms with Crippen LogP contribution in [-0.2, 0) is 15.6 Å². The second kappa shape index (κ2) is 5.81. The Morgan fingerprint density at radius 1 is 1.04 bits per heavy atom. The van der Waals surface area contributed by atoms with Gasteiger partial charge in [-0.05, 0) is 35.9 Å². The molecule has 0 unspecified atom stereocenters. The Balaban J connectivity index is 1.99. The van der Waals surface area contributed by atoms with Gasteiger partial charge in [0, 0.05) is 11.6 Å². The van der Waals surface area contributed by atoms with Crippen LogP contribution in [-0.4, -0.2) is 24.5 Å². The molecule has 1 heterocycles. The predicted octanol–water partition coefficient (Wildman–Crippen LogP) is 2.91. The van der Waals surface area contributed by atoms with E-state index < -0.39 is 15.8 Å². The molecule has 2 aromatic carbocycles. The standard InChI is InChI=1S/C17H13NO4S/c19-17(20)14-9-13-8-12(6-7-16(13)18-10-14)11-23(21,22)15-4-2-1-3-5-15/h1-10H,11H2,(H,19,20). The van der Waals surface area contributed by atoms with Crippen LogP contribution in [0.25, 0.3) is 10.9 Å². The van der Waals surface area contributed by atoms with Gasteiger partial charge in [0.1, 0.15) is 0 Å². The number of hydrogen-bond donors (Lipinski definition) is 1. The van der Waals surface area contributed by atoms with E-state index in [0.717, 1.165) is 0 Å². The summed E-state index contributed by atoms with van der Waals surface area (Å²) in [5.74, 6) is -1.22. The van der Waals surface area contributed by atoms with Gasteiger partial charge in [-0.3, -0.25) is 4.98 Å². The quantitative estimate of drug-likeness (QED) is 0.796. The van der Waals surface area contributed by atoms with Crippen LogP contribution in [0, 0.1) is 0 Å². The number of aromatic nitrogens is 1. The molecule has 3 aromatic rings. The number of hydrogen-bond acceptors (Lipinski definition) is 4. The number of nitrogens with zero attached hydrogens (tertiary/aromatic N) is 1. The van der Waals surface area contributed by atoms with Crippen molar-refractivity contribution in [1.82, 2.24) is 4.98 Å². The van der Waals surface area contributed by atoms with Crippen LogP contribution in [0.2, 0.25) is 0 Å². The van der Waals surface area contributed by atoms with E-state index in [0.29, 0.717) is 16.5 Å². The largest absolute Gasteiger partial charge is 0.478 e. The third-order valence-corrected chi connectivity index (χ3v) is 5.16. The zero-order chi connectivity index (χ0) is 16.4. The summed E-state index contributed by atoms with van der Waals surface area (Å²) in [6.07, 6.45) is 1.28. The summed E-state index contributed by atoms with van der Waals surface area (Å²) < 4.78 is 24.8. The average Bonchev–Trinajstić information content (AvgIpc) is 2.54. The van der Waals surface area contributed by atoms with Crippen molar-refractivity contribution < 1.29 is 18.3 Å². The average molecular weight is 327 g/mol. The maximum absolute atomic E-state index is 12.4. The van der Waals surface area contributed by atoms with Gasteiger partial charge in [0.05, 0.1) is 21.7 Å². The number of benzene rings is 2. The number of fused-ring (bicyclic) bond motifs is 1. The highest BCUT2D eigenvalue weighted by Gasteiger charge is 2.15. The van der Waals surface area contributed by atoms with E-state index in [1.807, 2.05) is 0 Å². The van der Waals surface area contributed by atoms with E-state index >= 15 is 0 Å². The van der Waals surface area contributed by atoms with E-state index in [2.05, 4.69) is 4.98 Å². The van der Waals surface area contributed by atoms with Gasteiger partial charge in [0.15, 0.2) is 9.84 Å². The minimum Gasteiger partial charge on any atom is -0.478 e. The van der Waals surface area contributed by atoms with Crippen molar-refractivity contribution in [1.29, 1.82) is 0 Å². The van der Waals surface area contributed by atoms with Crippen molar-refractivity contribution >= 4 is 26.7 Å². The Labute approximate surface area is 133 Å². The van der Waals surface area contributed by atoms with Gasteiger partial charge < -0.3 is 5.11 Å². The topological polar surface area (TPSA) is 84.3 Å². The van der Waals surface area contributed by atoms with Crippen molar-refractivity contribution in [2.24, 2.45) is 0 Å². The van der Waals surface area contributed by atoms with Crippen molar-refractivity contribution in [3.05, 3.63) is 71.9 Å². The highest BCUT2D eigenvalue weighted by Crippen LogP contribution is 2.20. The highest BCUT2D eigenvalue weighted by atomic mass is 32.2. The number of pyridine rings is 1. The Morgan fingerprint density at radius 2 is 1.78 bits per heavy atom. The molecule has 23 heavy (non-hydrogen) atoms. The van der Waals surface area contributed by atoms with Gasteiger partial charge >= 0.3 is 5.97 Å². The summed E-state index contributed by atoms with van der Waals surface area (Å²) in [5.41, 5.74) is 1.28. The molecule has 6 heteroatoms. The molecule has 0 saturated heterocycles. The number of sulfone groups is 1. The summed E-state index contributed by atoms with van der Waals surface area (Å²) in [5, 5.41) is 9.62. The van der Waals surface area contributed by atoms with Crippen molar-refractivity contribution in [3.8, 4) is 0 Å². The zero-order valence-electron chi connectivity index (χ0n) is 12.0. The fraction of sp³-hybridized carbons (Fsp3) is 0.0588. The molecule has 1 N–H and O–H groups in total. The van der Waals surface area contributed by atoms with Gasteiger partial charge in [0.25, 0.3) is 0 Å². The summed E-state index contributed by atoms with van der Waals surface area (Å²) >= 11 is 0. The zero-order valence-corrected chi connectivity index (χ0v) is 12.8. The van der Waals surface area contributed by atoms with Gasteiger partial charge in [0.2, 0.25) is 0 Å². The summed E-state index contributed by atoms with van der Waals surface area (Å²) in [4.78, 5) is 15.3. The van der Waals surface area contributed by atoms with Gasteiger partial charge in [-0.15, -0.1) is 0 Å². The third kappa shape index (κ3) is 3.22. The molecule has 0 saturated carbocycles. The van der Waals surface area contributed by atoms with Crippen LogP contribution in [0.3, 0.4) is 0 Å². The number of rotatable bonds is 4. The fourth-order valence-corrected chi connectivity index (χ4v) is 3.68. The molecule has 0 amide bonds. The molecule has 0 bridgehead atoms. The van der Waals surface area contributed by atoms with E-state index in [1.165, 1.54) is 12.3 Å². The Bertz CT molecular complexity index is 982. The molecule has 0 aliphatic heterocycles. The first-order valence-corrected chi connectivity index (χ1v) is 8.51. The lowest BCUT2D eigenvalue weighted by atomic mass is 10.1. The molecular weight excluding hydrogens is 314 g/mol. The second-order valence-electron chi connectivity index (χ2n) is 5.13. The van der Waals surface area contributed by atoms with Crippen molar-refractivity contribution in [2.75, 3.05) is 0 Å². The summed E-state index contributed by atoms with van der Waals surface area (Å²) in [6, 6.07) is 14.8. The molecule has 0 radical (unpaired) electrons. The number of carbonyl (C=O) groups is 1. The first-order valence-electron chi connectivity index (χ1n) is 6.85. The Morgan fingerprint density at radius 3 is 2.48 bits per heavy atom. The molecule has 0 aliphatic rings. The first kappa shape index (κ1) is 15.2. The van der Waals surface area contributed by atoms with Crippen LogP contribution >= 0.6 is 0 Å². The maximum Gasteiger partial charge on any atom is 0.337 e. The lowest BCUT2D eigenvalue weighted by Crippen LogP contribution is -2.05. The minimum atomic E-state index is -3.45.